The van der Waals surface area contributed by atoms with Gasteiger partial charge < -0.3 is 16.0 Å². The number of carbonyl (C=O) groups excluding carboxylic acids is 2. The average Bonchev–Trinajstić information content (AvgIpc) is 3.09. The van der Waals surface area contributed by atoms with Crippen LogP contribution in [0.2, 0.25) is 5.02 Å². The van der Waals surface area contributed by atoms with Gasteiger partial charge in [0.1, 0.15) is 0 Å². The Morgan fingerprint density at radius 2 is 1.94 bits per heavy atom. The fraction of sp³-hybridized carbons (Fsp3) is 0.333. The van der Waals surface area contributed by atoms with Crippen LogP contribution in [0.5, 0.6) is 0 Å². The van der Waals surface area contributed by atoms with Crippen LogP contribution in [0.25, 0.3) is 6.08 Å². The van der Waals surface area contributed by atoms with Crippen LogP contribution >= 0.6 is 23.4 Å². The molecule has 0 saturated carbocycles. The lowest BCUT2D eigenvalue weighted by Gasteiger charge is -2.36. The minimum absolute atomic E-state index is 0.0195. The number of nitrogens with one attached hydrogen (secondary N) is 1. The number of benzene rings is 2. The molecular weight excluding hydrogens is 430 g/mol. The highest BCUT2D eigenvalue weighted by Gasteiger charge is 2.27. The third-order valence-electron chi connectivity index (χ3n) is 5.70. The minimum atomic E-state index is -0.111. The molecular formula is C24H26ClN3O2S. The molecule has 0 spiro atoms. The summed E-state index contributed by atoms with van der Waals surface area (Å²) in [6.45, 7) is 3.10. The quantitative estimate of drug-likeness (QED) is 0.504. The molecule has 0 radical (unpaired) electrons. The molecule has 2 aliphatic rings. The summed E-state index contributed by atoms with van der Waals surface area (Å²) in [6.07, 6.45) is 3.95. The number of para-hydroxylation sites is 1. The fourth-order valence-electron chi connectivity index (χ4n) is 4.07. The van der Waals surface area contributed by atoms with Crippen LogP contribution in [0.15, 0.2) is 47.4 Å². The summed E-state index contributed by atoms with van der Waals surface area (Å²) >= 11 is 7.63. The van der Waals surface area contributed by atoms with Gasteiger partial charge in [-0.2, -0.15) is 0 Å². The number of hydrogen-bond donors (Lipinski definition) is 2. The standard InChI is InChI=1S/C24H26ClN3O2S/c25-20-5-1-3-18(11-22-21(29)12-23(30)31-22)24(20)28-10-2-4-19(15-28)27-14-17-8-6-16(13-26)7-9-17/h1,3,5-9,11,19,27H,2,4,10,12-15,26H2/b22-11-/t19-/m1/s1. The molecule has 7 heteroatoms. The van der Waals surface area contributed by atoms with E-state index < -0.39 is 0 Å². The lowest BCUT2D eigenvalue weighted by molar-refractivity contribution is -0.119. The van der Waals surface area contributed by atoms with E-state index in [0.717, 1.165) is 61.1 Å². The number of piperidine rings is 1. The van der Waals surface area contributed by atoms with Gasteiger partial charge in [-0.15, -0.1) is 0 Å². The van der Waals surface area contributed by atoms with Gasteiger partial charge in [-0.3, -0.25) is 9.59 Å². The average molecular weight is 456 g/mol. The number of allylic oxidation sites excluding steroid dienone is 1. The molecule has 3 N–H and O–H groups in total. The Balaban J connectivity index is 1.48. The van der Waals surface area contributed by atoms with Gasteiger partial charge in [0.15, 0.2) is 5.78 Å². The van der Waals surface area contributed by atoms with Crippen LogP contribution in [-0.2, 0) is 22.7 Å². The van der Waals surface area contributed by atoms with Crippen LogP contribution < -0.4 is 16.0 Å². The second-order valence-electron chi connectivity index (χ2n) is 7.95. The highest BCUT2D eigenvalue weighted by atomic mass is 35.5. The van der Waals surface area contributed by atoms with Crippen molar-refractivity contribution in [2.24, 2.45) is 5.73 Å². The Kier molecular flexibility index (Phi) is 7.13. The molecule has 2 aromatic rings. The number of hydrogen-bond acceptors (Lipinski definition) is 6. The fourth-order valence-corrected chi connectivity index (χ4v) is 5.19. The third kappa shape index (κ3) is 5.39. The summed E-state index contributed by atoms with van der Waals surface area (Å²) in [5.74, 6) is -0.111. The van der Waals surface area contributed by atoms with Crippen molar-refractivity contribution in [2.45, 2.75) is 38.4 Å². The summed E-state index contributed by atoms with van der Waals surface area (Å²) in [4.78, 5) is 26.5. The van der Waals surface area contributed by atoms with Gasteiger partial charge in [0.25, 0.3) is 0 Å². The summed E-state index contributed by atoms with van der Waals surface area (Å²) in [6, 6.07) is 14.4. The number of nitrogens with zero attached hydrogens (tertiary/aromatic N) is 1. The monoisotopic (exact) mass is 455 g/mol. The summed E-state index contributed by atoms with van der Waals surface area (Å²) < 4.78 is 0. The summed E-state index contributed by atoms with van der Waals surface area (Å²) in [7, 11) is 0. The Hall–Kier alpha value is -2.12. The molecule has 2 heterocycles. The Morgan fingerprint density at radius 1 is 1.16 bits per heavy atom. The number of carbonyl (C=O) groups is 2. The zero-order chi connectivity index (χ0) is 21.8. The van der Waals surface area contributed by atoms with E-state index in [2.05, 4.69) is 34.5 Å². The maximum atomic E-state index is 12.1. The van der Waals surface area contributed by atoms with Crippen molar-refractivity contribution in [3.63, 3.8) is 0 Å². The van der Waals surface area contributed by atoms with Crippen molar-refractivity contribution in [3.05, 3.63) is 69.1 Å². The number of rotatable bonds is 6. The molecule has 0 aromatic heterocycles. The summed E-state index contributed by atoms with van der Waals surface area (Å²) in [5, 5.41) is 4.23. The first kappa shape index (κ1) is 22.1. The highest BCUT2D eigenvalue weighted by Crippen LogP contribution is 2.37. The van der Waals surface area contributed by atoms with E-state index in [4.69, 9.17) is 17.3 Å². The van der Waals surface area contributed by atoms with E-state index in [9.17, 15) is 9.59 Å². The van der Waals surface area contributed by atoms with Crippen molar-refractivity contribution in [1.29, 1.82) is 0 Å². The van der Waals surface area contributed by atoms with Gasteiger partial charge in [-0.05, 0) is 47.9 Å². The van der Waals surface area contributed by atoms with E-state index in [1.54, 1.807) is 0 Å². The Bertz CT molecular complexity index is 1010. The van der Waals surface area contributed by atoms with E-state index in [-0.39, 0.29) is 17.3 Å². The number of ketones is 1. The molecule has 2 saturated heterocycles. The van der Waals surface area contributed by atoms with Gasteiger partial charge in [-0.1, -0.05) is 48.0 Å². The van der Waals surface area contributed by atoms with Crippen molar-refractivity contribution in [2.75, 3.05) is 18.0 Å². The molecule has 2 aromatic carbocycles. The van der Waals surface area contributed by atoms with Crippen LogP contribution in [0.3, 0.4) is 0 Å². The Labute approximate surface area is 192 Å². The van der Waals surface area contributed by atoms with Gasteiger partial charge in [0.2, 0.25) is 5.12 Å². The van der Waals surface area contributed by atoms with Crippen LogP contribution in [0.1, 0.15) is 36.0 Å². The summed E-state index contributed by atoms with van der Waals surface area (Å²) in [5.41, 5.74) is 9.87. The molecule has 0 amide bonds. The van der Waals surface area contributed by atoms with Crippen molar-refractivity contribution in [1.82, 2.24) is 5.32 Å². The first-order chi connectivity index (χ1) is 15.0. The predicted molar refractivity (Wildman–Crippen MR) is 128 cm³/mol. The zero-order valence-corrected chi connectivity index (χ0v) is 18.8. The maximum absolute atomic E-state index is 12.1. The van der Waals surface area contributed by atoms with Crippen molar-refractivity contribution >= 4 is 46.0 Å². The lowest BCUT2D eigenvalue weighted by Crippen LogP contribution is -2.45. The molecule has 5 nitrogen and oxygen atoms in total. The van der Waals surface area contributed by atoms with Gasteiger partial charge in [0, 0.05) is 37.8 Å². The molecule has 4 rings (SSSR count). The van der Waals surface area contributed by atoms with Crippen LogP contribution in [0, 0.1) is 0 Å². The van der Waals surface area contributed by atoms with E-state index in [1.165, 1.54) is 5.56 Å². The lowest BCUT2D eigenvalue weighted by atomic mass is 10.0. The number of halogens is 1. The molecule has 0 unspecified atom stereocenters. The molecule has 0 aliphatic carbocycles. The second kappa shape index (κ2) is 10.0. The first-order valence-electron chi connectivity index (χ1n) is 10.5. The van der Waals surface area contributed by atoms with Crippen molar-refractivity contribution < 1.29 is 9.59 Å². The molecule has 2 aliphatic heterocycles. The molecule has 2 fully saturated rings. The van der Waals surface area contributed by atoms with Crippen LogP contribution in [-0.4, -0.2) is 30.0 Å². The largest absolute Gasteiger partial charge is 0.368 e. The molecule has 0 bridgehead atoms. The maximum Gasteiger partial charge on any atom is 0.201 e. The molecule has 31 heavy (non-hydrogen) atoms. The van der Waals surface area contributed by atoms with E-state index >= 15 is 0 Å². The number of Topliss-reactive ketones (excluding diaryl/α,β-unsaturated/α-hetero) is 1. The molecule has 1 atom stereocenters. The second-order valence-corrected chi connectivity index (χ2v) is 9.45. The predicted octanol–water partition coefficient (Wildman–Crippen LogP) is 4.13. The number of thioether (sulfide) groups is 1. The van der Waals surface area contributed by atoms with Gasteiger partial charge in [0.05, 0.1) is 22.0 Å². The minimum Gasteiger partial charge on any atom is -0.368 e. The van der Waals surface area contributed by atoms with Crippen LogP contribution in [0.4, 0.5) is 5.69 Å². The Morgan fingerprint density at radius 3 is 2.65 bits per heavy atom. The number of anilines is 1. The number of nitrogens with two attached hydrogens (primary N) is 1. The molecule has 162 valence electrons. The zero-order valence-electron chi connectivity index (χ0n) is 17.3. The van der Waals surface area contributed by atoms with E-state index in [1.807, 2.05) is 24.3 Å². The first-order valence-corrected chi connectivity index (χ1v) is 11.7. The van der Waals surface area contributed by atoms with Crippen molar-refractivity contribution in [3.8, 4) is 0 Å². The SMILES string of the molecule is NCc1ccc(CN[C@@H]2CCCN(c3c(Cl)cccc3/C=C3\SC(=O)CC3=O)C2)cc1. The highest BCUT2D eigenvalue weighted by molar-refractivity contribution is 8.18. The van der Waals surface area contributed by atoms with Gasteiger partial charge in [-0.25, -0.2) is 0 Å². The topological polar surface area (TPSA) is 75.4 Å². The third-order valence-corrected chi connectivity index (χ3v) is 6.94. The van der Waals surface area contributed by atoms with E-state index in [0.29, 0.717) is 22.5 Å². The normalized spacial score (nSPS) is 20.6. The smallest absolute Gasteiger partial charge is 0.201 e. The van der Waals surface area contributed by atoms with Gasteiger partial charge >= 0.3 is 0 Å².